The number of aliphatic carboxylic acids is 1. The van der Waals surface area contributed by atoms with Crippen LogP contribution in [0.1, 0.15) is 70.6 Å². The molecule has 5 unspecified atom stereocenters. The Kier molecular flexibility index (Phi) is 9.75. The first-order valence-corrected chi connectivity index (χ1v) is 13.0. The standard InChI is InChI=1S/C24H40O11/c25-15-12-31-23(33-14-10-4-1-2-5-11-14)17(27)19(15)34-24-18(28)20(16(26)21(35-24)22(29)30)32-13-8-6-3-7-9-13/h13-21,23-28H,1-12H2,(H,29,30)/t15-,16+,17?,18?,19?,20?,21?,23-,24-/m1/s1. The molecule has 5 N–H and O–H groups in total. The molecule has 11 heteroatoms. The van der Waals surface area contributed by atoms with Gasteiger partial charge in [-0.15, -0.1) is 0 Å². The third-order valence-electron chi connectivity index (χ3n) is 7.53. The summed E-state index contributed by atoms with van der Waals surface area (Å²) in [5.41, 5.74) is 0. The van der Waals surface area contributed by atoms with Gasteiger partial charge in [-0.1, -0.05) is 44.9 Å². The second kappa shape index (κ2) is 12.6. The molecule has 2 saturated heterocycles. The lowest BCUT2D eigenvalue weighted by Crippen LogP contribution is -2.64. The molecule has 0 spiro atoms. The third kappa shape index (κ3) is 6.71. The average molecular weight is 505 g/mol. The highest BCUT2D eigenvalue weighted by Gasteiger charge is 2.52. The van der Waals surface area contributed by atoms with E-state index in [4.69, 9.17) is 23.7 Å². The molecule has 4 rings (SSSR count). The van der Waals surface area contributed by atoms with Gasteiger partial charge < -0.3 is 49.2 Å². The second-order valence-corrected chi connectivity index (χ2v) is 10.2. The van der Waals surface area contributed by atoms with Crippen molar-refractivity contribution in [1.82, 2.24) is 0 Å². The van der Waals surface area contributed by atoms with Gasteiger partial charge >= 0.3 is 5.97 Å². The normalized spacial score (nSPS) is 42.5. The van der Waals surface area contributed by atoms with Crippen LogP contribution in [-0.2, 0) is 28.5 Å². The molecule has 4 fully saturated rings. The highest BCUT2D eigenvalue weighted by Crippen LogP contribution is 2.32. The summed E-state index contributed by atoms with van der Waals surface area (Å²) in [7, 11) is 0. The van der Waals surface area contributed by atoms with E-state index in [0.29, 0.717) is 0 Å². The molecule has 11 nitrogen and oxygen atoms in total. The third-order valence-corrected chi connectivity index (χ3v) is 7.53. The predicted molar refractivity (Wildman–Crippen MR) is 119 cm³/mol. The first kappa shape index (κ1) is 27.2. The Labute approximate surface area is 205 Å². The van der Waals surface area contributed by atoms with Gasteiger partial charge in [0, 0.05) is 0 Å². The van der Waals surface area contributed by atoms with Gasteiger partial charge in [0.1, 0.15) is 36.6 Å². The topological polar surface area (TPSA) is 164 Å². The van der Waals surface area contributed by atoms with E-state index in [1.807, 2.05) is 0 Å². The van der Waals surface area contributed by atoms with Crippen LogP contribution in [0.3, 0.4) is 0 Å². The van der Waals surface area contributed by atoms with Gasteiger partial charge in [0.15, 0.2) is 18.7 Å². The minimum atomic E-state index is -1.70. The van der Waals surface area contributed by atoms with Crippen LogP contribution in [0, 0.1) is 0 Å². The highest BCUT2D eigenvalue weighted by atomic mass is 16.7. The van der Waals surface area contributed by atoms with Crippen molar-refractivity contribution in [2.45, 2.75) is 138 Å². The molecule has 0 aromatic heterocycles. The van der Waals surface area contributed by atoms with Crippen molar-refractivity contribution in [3.63, 3.8) is 0 Å². The zero-order chi connectivity index (χ0) is 24.9. The maximum absolute atomic E-state index is 11.8. The molecule has 0 radical (unpaired) electrons. The van der Waals surface area contributed by atoms with E-state index in [9.17, 15) is 30.3 Å². The number of hydrogen-bond donors (Lipinski definition) is 5. The van der Waals surface area contributed by atoms with Gasteiger partial charge in [-0.2, -0.15) is 0 Å². The van der Waals surface area contributed by atoms with Crippen molar-refractivity contribution in [2.75, 3.05) is 6.61 Å². The van der Waals surface area contributed by atoms with E-state index in [-0.39, 0.29) is 18.8 Å². The zero-order valence-corrected chi connectivity index (χ0v) is 20.0. The Hall–Kier alpha value is -0.890. The molecule has 2 saturated carbocycles. The predicted octanol–water partition coefficient (Wildman–Crippen LogP) is 0.438. The number of hydrogen-bond acceptors (Lipinski definition) is 10. The summed E-state index contributed by atoms with van der Waals surface area (Å²) in [5, 5.41) is 52.5. The molecule has 0 amide bonds. The number of aliphatic hydroxyl groups is 4. The van der Waals surface area contributed by atoms with Crippen LogP contribution in [0.25, 0.3) is 0 Å². The van der Waals surface area contributed by atoms with E-state index in [0.717, 1.165) is 70.6 Å². The molecule has 2 aliphatic heterocycles. The average Bonchev–Trinajstić information content (AvgIpc) is 3.11. The molecular weight excluding hydrogens is 464 g/mol. The maximum atomic E-state index is 11.8. The van der Waals surface area contributed by atoms with E-state index in [1.165, 1.54) is 0 Å². The molecule has 0 aromatic rings. The largest absolute Gasteiger partial charge is 0.479 e. The van der Waals surface area contributed by atoms with Crippen molar-refractivity contribution < 1.29 is 54.0 Å². The fourth-order valence-corrected chi connectivity index (χ4v) is 5.52. The summed E-state index contributed by atoms with van der Waals surface area (Å²) in [6, 6.07) is 0. The maximum Gasteiger partial charge on any atom is 0.335 e. The number of carbonyl (C=O) groups is 1. The van der Waals surface area contributed by atoms with Gasteiger partial charge in [-0.3, -0.25) is 0 Å². The first-order chi connectivity index (χ1) is 16.8. The molecule has 202 valence electrons. The first-order valence-electron chi connectivity index (χ1n) is 13.0. The molecule has 2 aliphatic carbocycles. The fraction of sp³-hybridized carbons (Fsp3) is 0.958. The Morgan fingerprint density at radius 2 is 1.20 bits per heavy atom. The van der Waals surface area contributed by atoms with Crippen molar-refractivity contribution in [3.8, 4) is 0 Å². The molecular formula is C24H40O11. The van der Waals surface area contributed by atoms with Crippen LogP contribution < -0.4 is 0 Å². The minimum Gasteiger partial charge on any atom is -0.479 e. The van der Waals surface area contributed by atoms with E-state index >= 15 is 0 Å². The Bertz CT molecular complexity index is 664. The number of carboxylic acids is 1. The molecule has 0 bridgehead atoms. The summed E-state index contributed by atoms with van der Waals surface area (Å²) >= 11 is 0. The summed E-state index contributed by atoms with van der Waals surface area (Å²) in [5.74, 6) is -1.43. The van der Waals surface area contributed by atoms with Crippen LogP contribution in [-0.4, -0.2) is 106 Å². The highest BCUT2D eigenvalue weighted by molar-refractivity contribution is 5.73. The number of carboxylic acid groups (broad SMARTS) is 1. The minimum absolute atomic E-state index is 0.0793. The van der Waals surface area contributed by atoms with E-state index in [2.05, 4.69) is 0 Å². The van der Waals surface area contributed by atoms with E-state index < -0.39 is 61.3 Å². The number of rotatable bonds is 7. The summed E-state index contributed by atoms with van der Waals surface area (Å²) in [6.45, 7) is -0.172. The summed E-state index contributed by atoms with van der Waals surface area (Å²) < 4.78 is 28.6. The van der Waals surface area contributed by atoms with Gasteiger partial charge in [-0.25, -0.2) is 4.79 Å². The van der Waals surface area contributed by atoms with Gasteiger partial charge in [0.25, 0.3) is 0 Å². The quantitative estimate of drug-likeness (QED) is 0.306. The number of ether oxygens (including phenoxy) is 5. The summed E-state index contributed by atoms with van der Waals surface area (Å²) in [4.78, 5) is 11.8. The number of aliphatic hydroxyl groups excluding tert-OH is 4. The zero-order valence-electron chi connectivity index (χ0n) is 20.0. The van der Waals surface area contributed by atoms with Gasteiger partial charge in [0.05, 0.1) is 18.8 Å². The van der Waals surface area contributed by atoms with E-state index in [1.54, 1.807) is 0 Å². The molecule has 2 heterocycles. The van der Waals surface area contributed by atoms with Crippen molar-refractivity contribution in [2.24, 2.45) is 0 Å². The molecule has 4 aliphatic rings. The Balaban J connectivity index is 1.43. The Morgan fingerprint density at radius 1 is 0.657 bits per heavy atom. The van der Waals surface area contributed by atoms with Gasteiger partial charge in [0.2, 0.25) is 0 Å². The van der Waals surface area contributed by atoms with Crippen molar-refractivity contribution >= 4 is 5.97 Å². The van der Waals surface area contributed by atoms with Gasteiger partial charge in [-0.05, 0) is 25.7 Å². The van der Waals surface area contributed by atoms with Crippen molar-refractivity contribution in [1.29, 1.82) is 0 Å². The summed E-state index contributed by atoms with van der Waals surface area (Å²) in [6.07, 6.45) is -2.43. The Morgan fingerprint density at radius 3 is 1.80 bits per heavy atom. The second-order valence-electron chi connectivity index (χ2n) is 10.2. The lowest BCUT2D eigenvalue weighted by atomic mass is 9.94. The van der Waals surface area contributed by atoms with Crippen LogP contribution in [0.5, 0.6) is 0 Å². The molecule has 9 atom stereocenters. The van der Waals surface area contributed by atoms with Crippen LogP contribution >= 0.6 is 0 Å². The lowest BCUT2D eigenvalue weighted by Gasteiger charge is -2.45. The molecule has 35 heavy (non-hydrogen) atoms. The van der Waals surface area contributed by atoms with Crippen molar-refractivity contribution in [3.05, 3.63) is 0 Å². The fourth-order valence-electron chi connectivity index (χ4n) is 5.52. The monoisotopic (exact) mass is 504 g/mol. The van der Waals surface area contributed by atoms with Crippen LogP contribution in [0.15, 0.2) is 0 Å². The molecule has 0 aromatic carbocycles. The SMILES string of the molecule is O=C(O)C1O[C@@H](OC2C(O)[C@@H](OC3CCCCCC3)OC[C@H]2O)C(O)C(OC2CCCCC2)[C@@H]1O. The van der Waals surface area contributed by atoms with Crippen LogP contribution in [0.2, 0.25) is 0 Å². The smallest absolute Gasteiger partial charge is 0.335 e. The van der Waals surface area contributed by atoms with Crippen LogP contribution in [0.4, 0.5) is 0 Å². The lowest BCUT2D eigenvalue weighted by molar-refractivity contribution is -0.352.